The van der Waals surface area contributed by atoms with Crippen LogP contribution in [0.3, 0.4) is 0 Å². The van der Waals surface area contributed by atoms with E-state index in [1.807, 2.05) is 70.4 Å². The number of amides is 1. The molecule has 3 heterocycles. The van der Waals surface area contributed by atoms with Gasteiger partial charge in [-0.3, -0.25) is 9.48 Å². The van der Waals surface area contributed by atoms with E-state index in [1.165, 1.54) is 5.19 Å². The monoisotopic (exact) mass is 654 g/mol. The number of aliphatic hydroxyl groups excluding tert-OH is 1. The summed E-state index contributed by atoms with van der Waals surface area (Å²) < 4.78 is 20.6. The average molecular weight is 655 g/mol. The summed E-state index contributed by atoms with van der Waals surface area (Å²) in [6, 6.07) is 24.5. The van der Waals surface area contributed by atoms with Crippen LogP contribution in [0.25, 0.3) is 0 Å². The molecule has 2 aliphatic rings. The van der Waals surface area contributed by atoms with Gasteiger partial charge >= 0.3 is 0 Å². The number of aliphatic hydroxyl groups is 1. The van der Waals surface area contributed by atoms with Crippen LogP contribution in [0.15, 0.2) is 79.0 Å². The smallest absolute Gasteiger partial charge is 0.227 e. The molecule has 0 saturated carbocycles. The molecule has 0 radical (unpaired) electrons. The fraction of sp³-hybridized carbons (Fsp3) is 0.432. The molecule has 4 aromatic rings. The average Bonchev–Trinajstić information content (AvgIpc) is 3.74. The predicted molar refractivity (Wildman–Crippen MR) is 185 cm³/mol. The molecule has 0 spiro atoms. The second-order valence-corrected chi connectivity index (χ2v) is 18.1. The van der Waals surface area contributed by atoms with E-state index < -0.39 is 8.07 Å². The maximum Gasteiger partial charge on any atom is 0.227 e. The van der Waals surface area contributed by atoms with Crippen molar-refractivity contribution in [3.8, 4) is 11.5 Å². The van der Waals surface area contributed by atoms with E-state index in [-0.39, 0.29) is 42.1 Å². The van der Waals surface area contributed by atoms with Gasteiger partial charge in [0.2, 0.25) is 5.91 Å². The van der Waals surface area contributed by atoms with E-state index in [4.69, 9.17) is 14.2 Å². The third-order valence-electron chi connectivity index (χ3n) is 10.3. The minimum atomic E-state index is -2.20. The highest BCUT2D eigenvalue weighted by atomic mass is 28.3. The Morgan fingerprint density at radius 2 is 1.83 bits per heavy atom. The number of aryl methyl sites for hydroxylation is 1. The number of anilines is 1. The molecule has 0 bridgehead atoms. The predicted octanol–water partition coefficient (Wildman–Crippen LogP) is 5.70. The van der Waals surface area contributed by atoms with Gasteiger partial charge in [0.1, 0.15) is 17.6 Å². The molecule has 1 amide bonds. The number of rotatable bonds is 12. The van der Waals surface area contributed by atoms with Crippen LogP contribution in [0, 0.1) is 5.92 Å². The number of carbonyl (C=O) groups excluding carboxylic acids is 1. The molecule has 6 rings (SSSR count). The number of fused-ring (bicyclic) bond motifs is 1. The van der Waals surface area contributed by atoms with Gasteiger partial charge in [-0.15, -0.1) is 5.10 Å². The maximum atomic E-state index is 12.5. The highest BCUT2D eigenvalue weighted by Crippen LogP contribution is 2.48. The maximum absolute atomic E-state index is 12.5. The molecule has 0 aliphatic carbocycles. The topological polar surface area (TPSA) is 98.9 Å². The van der Waals surface area contributed by atoms with Crippen molar-refractivity contribution in [1.29, 1.82) is 0 Å². The quantitative estimate of drug-likeness (QED) is 0.196. The lowest BCUT2D eigenvalue weighted by Crippen LogP contribution is -2.54. The lowest BCUT2D eigenvalue weighted by atomic mass is 9.86. The fourth-order valence-corrected chi connectivity index (χ4v) is 11.0. The van der Waals surface area contributed by atoms with Gasteiger partial charge in [0.15, 0.2) is 0 Å². The van der Waals surface area contributed by atoms with Gasteiger partial charge in [0.25, 0.3) is 0 Å². The van der Waals surface area contributed by atoms with Crippen LogP contribution in [0.2, 0.25) is 18.6 Å². The Morgan fingerprint density at radius 3 is 2.49 bits per heavy atom. The Balaban J connectivity index is 1.31. The molecule has 2 unspecified atom stereocenters. The minimum Gasteiger partial charge on any atom is -0.497 e. The molecule has 248 valence electrons. The molecule has 10 heteroatoms. The largest absolute Gasteiger partial charge is 0.497 e. The highest BCUT2D eigenvalue weighted by molar-refractivity contribution is 6.91. The zero-order valence-corrected chi connectivity index (χ0v) is 29.0. The first-order valence-electron chi connectivity index (χ1n) is 16.6. The van der Waals surface area contributed by atoms with Gasteiger partial charge in [-0.2, -0.15) is 0 Å². The third kappa shape index (κ3) is 6.59. The standard InChI is InChI=1S/C37H46N4O5Si/c1-25-36(45-3)30-22-27(41-20-9-12-35(41)43)13-18-33(30)46-37(25)34(47(4,5)29-16-14-28(44-2)15-17-29)19-21-40-23-32(38-39-40)31(24-42)26-10-7-6-8-11-26/h6-8,10-11,13-18,22-23,25,31,34,36-37,42H,9,12,19-21,24H2,1-5H3/t25-,31?,34?,36-,37-/m0/s1. The lowest BCUT2D eigenvalue weighted by molar-refractivity contribution is -0.117. The first kappa shape index (κ1) is 32.9. The summed E-state index contributed by atoms with van der Waals surface area (Å²) in [7, 11) is 1.26. The van der Waals surface area contributed by atoms with Crippen molar-refractivity contribution in [2.24, 2.45) is 5.92 Å². The molecule has 9 nitrogen and oxygen atoms in total. The Bertz CT molecular complexity index is 1660. The molecule has 3 aromatic carbocycles. The van der Waals surface area contributed by atoms with Gasteiger partial charge in [-0.25, -0.2) is 0 Å². The molecule has 1 N–H and O–H groups in total. The summed E-state index contributed by atoms with van der Waals surface area (Å²) >= 11 is 0. The highest BCUT2D eigenvalue weighted by Gasteiger charge is 2.47. The van der Waals surface area contributed by atoms with E-state index >= 15 is 0 Å². The van der Waals surface area contributed by atoms with Gasteiger partial charge < -0.3 is 24.2 Å². The molecule has 5 atom stereocenters. The van der Waals surface area contributed by atoms with Crippen molar-refractivity contribution in [3.63, 3.8) is 0 Å². The second-order valence-electron chi connectivity index (χ2n) is 13.4. The van der Waals surface area contributed by atoms with Gasteiger partial charge in [0.05, 0.1) is 39.5 Å². The number of aromatic nitrogens is 3. The molecule has 1 saturated heterocycles. The zero-order chi connectivity index (χ0) is 33.1. The van der Waals surface area contributed by atoms with Crippen molar-refractivity contribution in [1.82, 2.24) is 15.0 Å². The van der Waals surface area contributed by atoms with E-state index in [2.05, 4.69) is 48.5 Å². The Hall–Kier alpha value is -3.99. The number of hydrogen-bond acceptors (Lipinski definition) is 7. The van der Waals surface area contributed by atoms with Gasteiger partial charge in [-0.05, 0) is 54.3 Å². The number of hydrogen-bond donors (Lipinski definition) is 1. The summed E-state index contributed by atoms with van der Waals surface area (Å²) in [6.07, 6.45) is 3.96. The van der Waals surface area contributed by atoms with Crippen molar-refractivity contribution < 1.29 is 24.1 Å². The molecule has 1 fully saturated rings. The molecule has 1 aromatic heterocycles. The molecular formula is C37H46N4O5Si. The first-order valence-corrected chi connectivity index (χ1v) is 19.7. The van der Waals surface area contributed by atoms with Crippen molar-refractivity contribution in [2.75, 3.05) is 32.3 Å². The van der Waals surface area contributed by atoms with Crippen LogP contribution >= 0.6 is 0 Å². The number of methoxy groups -OCH3 is 2. The van der Waals surface area contributed by atoms with Crippen molar-refractivity contribution in [3.05, 3.63) is 95.8 Å². The van der Waals surface area contributed by atoms with Crippen LogP contribution < -0.4 is 19.6 Å². The summed E-state index contributed by atoms with van der Waals surface area (Å²) in [5.74, 6) is 1.64. The van der Waals surface area contributed by atoms with E-state index in [9.17, 15) is 9.90 Å². The van der Waals surface area contributed by atoms with Gasteiger partial charge in [-0.1, -0.05) is 72.9 Å². The molecular weight excluding hydrogens is 609 g/mol. The van der Waals surface area contributed by atoms with E-state index in [0.717, 1.165) is 53.4 Å². The van der Waals surface area contributed by atoms with Gasteiger partial charge in [0, 0.05) is 50.0 Å². The normalized spacial score (nSPS) is 20.9. The number of nitrogens with zero attached hydrogens (tertiary/aromatic N) is 4. The number of benzene rings is 3. The van der Waals surface area contributed by atoms with Crippen LogP contribution in [-0.4, -0.2) is 67.6 Å². The van der Waals surface area contributed by atoms with Crippen LogP contribution in [0.1, 0.15) is 55.0 Å². The number of ether oxygens (including phenoxy) is 3. The Labute approximate surface area is 278 Å². The van der Waals surface area contributed by atoms with Crippen LogP contribution in [0.4, 0.5) is 5.69 Å². The first-order chi connectivity index (χ1) is 22.7. The fourth-order valence-electron chi connectivity index (χ4n) is 7.53. The summed E-state index contributed by atoms with van der Waals surface area (Å²) in [4.78, 5) is 14.4. The Kier molecular flexibility index (Phi) is 9.82. The van der Waals surface area contributed by atoms with Crippen molar-refractivity contribution >= 4 is 24.9 Å². The molecule has 47 heavy (non-hydrogen) atoms. The van der Waals surface area contributed by atoms with Crippen LogP contribution in [0.5, 0.6) is 11.5 Å². The zero-order valence-electron chi connectivity index (χ0n) is 28.0. The van der Waals surface area contributed by atoms with E-state index in [1.54, 1.807) is 14.2 Å². The SMILES string of the molecule is COc1ccc([Si](C)(C)C(CCn2cc(C(CO)c3ccccc3)nn2)[C@H]2Oc3ccc(N4CCCC4=O)cc3[C@@H](OC)[C@@H]2C)cc1. The summed E-state index contributed by atoms with van der Waals surface area (Å²) in [5, 5.41) is 20.5. The summed E-state index contributed by atoms with van der Waals surface area (Å²) in [6.45, 7) is 8.41. The summed E-state index contributed by atoms with van der Waals surface area (Å²) in [5.41, 5.74) is 3.86. The number of carbonyl (C=O) groups is 1. The Morgan fingerprint density at radius 1 is 1.06 bits per heavy atom. The van der Waals surface area contributed by atoms with Crippen molar-refractivity contribution in [2.45, 2.75) is 69.5 Å². The van der Waals surface area contributed by atoms with Crippen LogP contribution in [-0.2, 0) is 16.1 Å². The molecule has 2 aliphatic heterocycles. The third-order valence-corrected chi connectivity index (χ3v) is 14.6. The van der Waals surface area contributed by atoms with E-state index in [0.29, 0.717) is 13.0 Å². The lowest BCUT2D eigenvalue weighted by Gasteiger charge is -2.46. The second kappa shape index (κ2) is 14.0. The minimum absolute atomic E-state index is 0.0401.